The average molecular weight is 592 g/mol. The molecule has 3 aromatic heterocycles. The van der Waals surface area contributed by atoms with Gasteiger partial charge in [0.2, 0.25) is 0 Å². The van der Waals surface area contributed by atoms with Gasteiger partial charge in [-0.15, -0.1) is 0 Å². The first kappa shape index (κ1) is 28.3. The molecular formula is C29H21ClF3N7O2. The monoisotopic (exact) mass is 591 g/mol. The molecule has 42 heavy (non-hydrogen) atoms. The van der Waals surface area contributed by atoms with Crippen LogP contribution in [0.1, 0.15) is 11.3 Å². The highest BCUT2D eigenvalue weighted by Gasteiger charge is 2.31. The zero-order valence-electron chi connectivity index (χ0n) is 21.8. The molecule has 0 unspecified atom stereocenters. The van der Waals surface area contributed by atoms with Crippen molar-refractivity contribution in [1.29, 1.82) is 0 Å². The predicted octanol–water partition coefficient (Wildman–Crippen LogP) is 7.60. The van der Waals surface area contributed by atoms with Gasteiger partial charge in [-0.05, 0) is 48.9 Å². The Hall–Kier alpha value is -5.23. The summed E-state index contributed by atoms with van der Waals surface area (Å²) in [5.74, 6) is 0.772. The van der Waals surface area contributed by atoms with Gasteiger partial charge in [0.25, 0.3) is 0 Å². The molecular weight excluding hydrogens is 571 g/mol. The molecule has 0 aliphatic carbocycles. The lowest BCUT2D eigenvalue weighted by Crippen LogP contribution is -2.20. The summed E-state index contributed by atoms with van der Waals surface area (Å²) >= 11 is 6.02. The lowest BCUT2D eigenvalue weighted by molar-refractivity contribution is -0.137. The van der Waals surface area contributed by atoms with Crippen LogP contribution in [0.3, 0.4) is 0 Å². The number of pyridine rings is 2. The molecule has 0 spiro atoms. The number of nitrogens with two attached hydrogens (primary N) is 1. The Bertz CT molecular complexity index is 1750. The van der Waals surface area contributed by atoms with E-state index in [0.29, 0.717) is 39.0 Å². The van der Waals surface area contributed by atoms with Gasteiger partial charge in [0.15, 0.2) is 0 Å². The van der Waals surface area contributed by atoms with Crippen molar-refractivity contribution in [2.75, 3.05) is 16.4 Å². The van der Waals surface area contributed by atoms with Crippen LogP contribution >= 0.6 is 11.6 Å². The topological polar surface area (TPSA) is 128 Å². The van der Waals surface area contributed by atoms with E-state index >= 15 is 0 Å². The number of alkyl halides is 3. The predicted molar refractivity (Wildman–Crippen MR) is 153 cm³/mol. The third-order valence-corrected chi connectivity index (χ3v) is 6.24. The Labute approximate surface area is 242 Å². The van der Waals surface area contributed by atoms with Crippen LogP contribution in [0, 0.1) is 6.92 Å². The van der Waals surface area contributed by atoms with E-state index < -0.39 is 17.8 Å². The van der Waals surface area contributed by atoms with E-state index in [1.54, 1.807) is 55.6 Å². The fourth-order valence-electron chi connectivity index (χ4n) is 4.03. The number of rotatable bonds is 6. The SMILES string of the molecule is Cc1ncccc1-c1ccc(C(F)(F)F)cc1NC(=O)Nc1cnc(Oc2ccc(-c3cc(Cl)cnc3N)cc2)nc1. The number of nitrogen functional groups attached to an aromatic ring is 1. The summed E-state index contributed by atoms with van der Waals surface area (Å²) in [4.78, 5) is 29.2. The Morgan fingerprint density at radius 3 is 2.31 bits per heavy atom. The average Bonchev–Trinajstić information content (AvgIpc) is 2.96. The summed E-state index contributed by atoms with van der Waals surface area (Å²) in [6.45, 7) is 1.72. The van der Waals surface area contributed by atoms with Crippen molar-refractivity contribution in [2.24, 2.45) is 0 Å². The number of anilines is 3. The zero-order valence-corrected chi connectivity index (χ0v) is 22.5. The molecule has 0 bridgehead atoms. The first-order valence-corrected chi connectivity index (χ1v) is 12.7. The smallest absolute Gasteiger partial charge is 0.416 e. The summed E-state index contributed by atoms with van der Waals surface area (Å²) in [7, 11) is 0. The number of nitrogens with one attached hydrogen (secondary N) is 2. The second-order valence-electron chi connectivity index (χ2n) is 8.94. The number of nitrogens with zero attached hydrogens (tertiary/aromatic N) is 4. The van der Waals surface area contributed by atoms with Gasteiger partial charge in [-0.2, -0.15) is 13.2 Å². The number of benzene rings is 2. The van der Waals surface area contributed by atoms with E-state index in [1.807, 2.05) is 0 Å². The van der Waals surface area contributed by atoms with Crippen LogP contribution < -0.4 is 21.1 Å². The quantitative estimate of drug-likeness (QED) is 0.185. The molecule has 9 nitrogen and oxygen atoms in total. The number of hydrogen-bond acceptors (Lipinski definition) is 7. The Morgan fingerprint density at radius 1 is 0.881 bits per heavy atom. The summed E-state index contributed by atoms with van der Waals surface area (Å²) in [5, 5.41) is 5.46. The number of amides is 2. The number of carbonyl (C=O) groups is 1. The summed E-state index contributed by atoms with van der Waals surface area (Å²) in [5.41, 5.74) is 8.17. The second-order valence-corrected chi connectivity index (χ2v) is 9.38. The molecule has 0 atom stereocenters. The van der Waals surface area contributed by atoms with E-state index in [0.717, 1.165) is 17.7 Å². The minimum Gasteiger partial charge on any atom is -0.424 e. The molecule has 13 heteroatoms. The number of aromatic nitrogens is 4. The maximum Gasteiger partial charge on any atom is 0.416 e. The van der Waals surface area contributed by atoms with Crippen LogP contribution in [-0.4, -0.2) is 26.0 Å². The maximum atomic E-state index is 13.4. The third-order valence-electron chi connectivity index (χ3n) is 6.04. The van der Waals surface area contributed by atoms with Crippen LogP contribution in [0.4, 0.5) is 35.2 Å². The number of aryl methyl sites for hydroxylation is 1. The summed E-state index contributed by atoms with van der Waals surface area (Å²) in [6, 6.07) is 14.3. The van der Waals surface area contributed by atoms with Gasteiger partial charge in [-0.1, -0.05) is 35.9 Å². The zero-order chi connectivity index (χ0) is 29.9. The maximum absolute atomic E-state index is 13.4. The molecule has 0 fully saturated rings. The van der Waals surface area contributed by atoms with Gasteiger partial charge in [-0.3, -0.25) is 4.98 Å². The van der Waals surface area contributed by atoms with Gasteiger partial charge in [0.1, 0.15) is 11.6 Å². The molecule has 0 radical (unpaired) electrons. The fourth-order valence-corrected chi connectivity index (χ4v) is 4.19. The summed E-state index contributed by atoms with van der Waals surface area (Å²) in [6.07, 6.45) is 1.03. The molecule has 0 aliphatic heterocycles. The van der Waals surface area contributed by atoms with Crippen molar-refractivity contribution in [3.8, 4) is 34.0 Å². The van der Waals surface area contributed by atoms with Crippen LogP contribution in [0.15, 0.2) is 85.5 Å². The third kappa shape index (κ3) is 6.56. The van der Waals surface area contributed by atoms with E-state index in [9.17, 15) is 18.0 Å². The highest BCUT2D eigenvalue weighted by molar-refractivity contribution is 6.30. The lowest BCUT2D eigenvalue weighted by atomic mass is 10.00. The minimum absolute atomic E-state index is 0.00450. The Kier molecular flexibility index (Phi) is 7.89. The Morgan fingerprint density at radius 2 is 1.62 bits per heavy atom. The lowest BCUT2D eigenvalue weighted by Gasteiger charge is -2.16. The first-order valence-electron chi connectivity index (χ1n) is 12.3. The van der Waals surface area contributed by atoms with Gasteiger partial charge < -0.3 is 21.1 Å². The van der Waals surface area contributed by atoms with E-state index in [4.69, 9.17) is 22.1 Å². The molecule has 5 aromatic rings. The van der Waals surface area contributed by atoms with Gasteiger partial charge >= 0.3 is 18.2 Å². The second kappa shape index (κ2) is 11.7. The van der Waals surface area contributed by atoms with Crippen molar-refractivity contribution in [1.82, 2.24) is 19.9 Å². The van der Waals surface area contributed by atoms with Crippen LogP contribution in [0.2, 0.25) is 5.02 Å². The molecule has 0 saturated heterocycles. The number of hydrogen-bond donors (Lipinski definition) is 3. The van der Waals surface area contributed by atoms with Crippen LogP contribution in [0.25, 0.3) is 22.3 Å². The number of carbonyl (C=O) groups excluding carboxylic acids is 1. The number of halogens is 4. The van der Waals surface area contributed by atoms with Crippen molar-refractivity contribution < 1.29 is 22.7 Å². The van der Waals surface area contributed by atoms with Crippen molar-refractivity contribution in [2.45, 2.75) is 13.1 Å². The van der Waals surface area contributed by atoms with E-state index in [2.05, 4.69) is 30.6 Å². The fraction of sp³-hybridized carbons (Fsp3) is 0.0690. The Balaban J connectivity index is 1.27. The summed E-state index contributed by atoms with van der Waals surface area (Å²) < 4.78 is 45.9. The number of urea groups is 1. The molecule has 2 amide bonds. The first-order chi connectivity index (χ1) is 20.1. The van der Waals surface area contributed by atoms with Gasteiger partial charge in [0.05, 0.1) is 34.4 Å². The molecule has 4 N–H and O–H groups in total. The molecule has 212 valence electrons. The molecule has 0 saturated carbocycles. The van der Waals surface area contributed by atoms with Gasteiger partial charge in [0, 0.05) is 34.8 Å². The van der Waals surface area contributed by atoms with Crippen LogP contribution in [0.5, 0.6) is 11.8 Å². The van der Waals surface area contributed by atoms with Crippen molar-refractivity contribution >= 4 is 34.8 Å². The molecule has 0 aliphatic rings. The van der Waals surface area contributed by atoms with Gasteiger partial charge in [-0.25, -0.2) is 19.7 Å². The largest absolute Gasteiger partial charge is 0.424 e. The highest BCUT2D eigenvalue weighted by Crippen LogP contribution is 2.37. The molecule has 3 heterocycles. The standard InChI is InChI=1S/C29H21ClF3N7O2/c1-16-22(3-2-10-35-16)23-9-6-18(29(31,32)33)11-25(23)40-27(41)39-20-14-37-28(38-15-20)42-21-7-4-17(5-8-21)24-12-19(30)13-36-26(24)34/h2-15H,1H3,(H2,34,36)(H2,39,40,41). The van der Waals surface area contributed by atoms with E-state index in [-0.39, 0.29) is 17.4 Å². The highest BCUT2D eigenvalue weighted by atomic mass is 35.5. The minimum atomic E-state index is -4.60. The van der Waals surface area contributed by atoms with Crippen molar-refractivity contribution in [3.63, 3.8) is 0 Å². The normalized spacial score (nSPS) is 11.2. The van der Waals surface area contributed by atoms with E-state index in [1.165, 1.54) is 24.7 Å². The number of ether oxygens (including phenoxy) is 1. The van der Waals surface area contributed by atoms with Crippen molar-refractivity contribution in [3.05, 3.63) is 102 Å². The van der Waals surface area contributed by atoms with Crippen LogP contribution in [-0.2, 0) is 6.18 Å². The molecule has 2 aromatic carbocycles. The molecule has 5 rings (SSSR count).